The van der Waals surface area contributed by atoms with Crippen molar-refractivity contribution in [3.05, 3.63) is 50.9 Å². The molecule has 0 aliphatic heterocycles. The largest absolute Gasteiger partial charge is 0.508 e. The van der Waals surface area contributed by atoms with Crippen LogP contribution in [0.2, 0.25) is 0 Å². The Hall–Kier alpha value is -2.15. The zero-order valence-corrected chi connectivity index (χ0v) is 10.7. The van der Waals surface area contributed by atoms with Gasteiger partial charge in [-0.1, -0.05) is 0 Å². The summed E-state index contributed by atoms with van der Waals surface area (Å²) in [4.78, 5) is 11.2. The number of aromatic hydroxyl groups is 1. The number of hydrogen-bond acceptors (Lipinski definition) is 5. The first kappa shape index (κ1) is 12.3. The monoisotopic (exact) mass is 308 g/mol. The van der Waals surface area contributed by atoms with E-state index in [1.807, 2.05) is 0 Å². The second-order valence-electron chi connectivity index (χ2n) is 3.39. The molecule has 0 amide bonds. The normalized spacial score (nSPS) is 10.7. The van der Waals surface area contributed by atoms with Gasteiger partial charge in [0.15, 0.2) is 0 Å². The molecule has 0 aliphatic carbocycles. The van der Waals surface area contributed by atoms with Crippen LogP contribution in [-0.2, 0) is 0 Å². The Morgan fingerprint density at radius 3 is 2.83 bits per heavy atom. The number of rotatable bonds is 3. The Morgan fingerprint density at radius 1 is 1.39 bits per heavy atom. The molecule has 1 heterocycles. The Kier molecular flexibility index (Phi) is 3.73. The predicted molar refractivity (Wildman–Crippen MR) is 71.9 cm³/mol. The Bertz CT molecular complexity index is 622. The highest BCUT2D eigenvalue weighted by molar-refractivity contribution is 9.10. The van der Waals surface area contributed by atoms with Crippen LogP contribution in [0.1, 0.15) is 5.56 Å². The van der Waals surface area contributed by atoms with Gasteiger partial charge in [0.05, 0.1) is 18.1 Å². The van der Waals surface area contributed by atoms with E-state index in [4.69, 9.17) is 5.11 Å². The lowest BCUT2D eigenvalue weighted by molar-refractivity contribution is 0.475. The Balaban J connectivity index is 2.09. The molecule has 1 aromatic carbocycles. The molecular weight excluding hydrogens is 300 g/mol. The molecule has 3 N–H and O–H groups in total. The van der Waals surface area contributed by atoms with Crippen molar-refractivity contribution in [3.8, 4) is 5.75 Å². The zero-order valence-electron chi connectivity index (χ0n) is 9.09. The van der Waals surface area contributed by atoms with E-state index in [0.29, 0.717) is 10.2 Å². The van der Waals surface area contributed by atoms with Crippen molar-refractivity contribution in [1.82, 2.24) is 10.2 Å². The molecule has 6 nitrogen and oxygen atoms in total. The van der Waals surface area contributed by atoms with Crippen LogP contribution in [-0.4, -0.2) is 21.5 Å². The summed E-state index contributed by atoms with van der Waals surface area (Å²) < 4.78 is 0.334. The van der Waals surface area contributed by atoms with E-state index >= 15 is 0 Å². The van der Waals surface area contributed by atoms with Crippen LogP contribution < -0.4 is 11.0 Å². The number of phenolic OH excluding ortho intramolecular Hbond substituents is 1. The fourth-order valence-corrected chi connectivity index (χ4v) is 1.48. The second kappa shape index (κ2) is 5.46. The smallest absolute Gasteiger partial charge is 0.280 e. The average Bonchev–Trinajstić information content (AvgIpc) is 2.37. The van der Waals surface area contributed by atoms with Crippen molar-refractivity contribution in [3.63, 3.8) is 0 Å². The topological polar surface area (TPSA) is 90.4 Å². The van der Waals surface area contributed by atoms with Gasteiger partial charge >= 0.3 is 0 Å². The van der Waals surface area contributed by atoms with Crippen molar-refractivity contribution in [1.29, 1.82) is 0 Å². The molecule has 18 heavy (non-hydrogen) atoms. The van der Waals surface area contributed by atoms with E-state index in [1.165, 1.54) is 6.20 Å². The number of aromatic amines is 1. The number of H-pyrrole nitrogens is 1. The lowest BCUT2D eigenvalue weighted by atomic mass is 10.2. The molecule has 1 aromatic heterocycles. The summed E-state index contributed by atoms with van der Waals surface area (Å²) in [7, 11) is 0. The van der Waals surface area contributed by atoms with E-state index in [1.54, 1.807) is 30.5 Å². The summed E-state index contributed by atoms with van der Waals surface area (Å²) in [6.07, 6.45) is 3.01. The van der Waals surface area contributed by atoms with Gasteiger partial charge in [0.25, 0.3) is 5.56 Å². The van der Waals surface area contributed by atoms with Crippen LogP contribution in [0, 0.1) is 0 Å². The minimum atomic E-state index is -0.333. The molecule has 0 aliphatic rings. The molecule has 0 saturated heterocycles. The summed E-state index contributed by atoms with van der Waals surface area (Å²) in [6, 6.07) is 6.55. The van der Waals surface area contributed by atoms with Crippen molar-refractivity contribution in [2.75, 3.05) is 5.43 Å². The number of phenols is 1. The highest BCUT2D eigenvalue weighted by Gasteiger charge is 2.02. The summed E-state index contributed by atoms with van der Waals surface area (Å²) in [6.45, 7) is 0. The highest BCUT2D eigenvalue weighted by Crippen LogP contribution is 2.15. The van der Waals surface area contributed by atoms with Gasteiger partial charge in [0, 0.05) is 0 Å². The maximum atomic E-state index is 11.2. The van der Waals surface area contributed by atoms with E-state index in [9.17, 15) is 4.79 Å². The van der Waals surface area contributed by atoms with Crippen LogP contribution in [0.3, 0.4) is 0 Å². The third-order valence-corrected chi connectivity index (χ3v) is 2.87. The van der Waals surface area contributed by atoms with Crippen LogP contribution in [0.25, 0.3) is 0 Å². The molecule has 0 spiro atoms. The van der Waals surface area contributed by atoms with E-state index in [-0.39, 0.29) is 11.3 Å². The number of anilines is 1. The first-order valence-electron chi connectivity index (χ1n) is 4.98. The van der Waals surface area contributed by atoms with Gasteiger partial charge in [-0.2, -0.15) is 10.2 Å². The fourth-order valence-electron chi connectivity index (χ4n) is 1.20. The Labute approximate surface area is 110 Å². The number of halogens is 1. The molecule has 7 heteroatoms. The maximum Gasteiger partial charge on any atom is 0.280 e. The van der Waals surface area contributed by atoms with Gasteiger partial charge in [-0.15, -0.1) is 0 Å². The van der Waals surface area contributed by atoms with Gasteiger partial charge in [0.1, 0.15) is 10.2 Å². The molecule has 2 rings (SSSR count). The summed E-state index contributed by atoms with van der Waals surface area (Å²) >= 11 is 3.12. The Morgan fingerprint density at radius 2 is 2.11 bits per heavy atom. The molecular formula is C11H9BrN4O2. The van der Waals surface area contributed by atoms with Gasteiger partial charge in [0.2, 0.25) is 0 Å². The van der Waals surface area contributed by atoms with Crippen LogP contribution >= 0.6 is 15.9 Å². The van der Waals surface area contributed by atoms with Gasteiger partial charge < -0.3 is 5.11 Å². The number of benzene rings is 1. The lowest BCUT2D eigenvalue weighted by Gasteiger charge is -2.00. The third kappa shape index (κ3) is 2.95. The highest BCUT2D eigenvalue weighted by atomic mass is 79.9. The van der Waals surface area contributed by atoms with Crippen molar-refractivity contribution in [2.45, 2.75) is 0 Å². The number of nitrogens with zero attached hydrogens (tertiary/aromatic N) is 2. The summed E-state index contributed by atoms with van der Waals surface area (Å²) in [5, 5.41) is 19.0. The third-order valence-electron chi connectivity index (χ3n) is 2.09. The molecule has 0 bridgehead atoms. The fraction of sp³-hybridized carbons (Fsp3) is 0. The molecule has 0 atom stereocenters. The standard InChI is InChI=1S/C11H9BrN4O2/c12-10-9(6-14-16-11(10)18)15-13-5-7-1-3-8(17)4-2-7/h1-6,17H,(H2,15,16,18). The first-order valence-corrected chi connectivity index (χ1v) is 5.77. The van der Waals surface area contributed by atoms with Crippen LogP contribution in [0.5, 0.6) is 5.75 Å². The van der Waals surface area contributed by atoms with E-state index in [2.05, 4.69) is 36.7 Å². The zero-order chi connectivity index (χ0) is 13.0. The summed E-state index contributed by atoms with van der Waals surface area (Å²) in [5.74, 6) is 0.196. The number of hydrazone groups is 1. The van der Waals surface area contributed by atoms with Gasteiger partial charge in [-0.25, -0.2) is 5.10 Å². The molecule has 92 valence electrons. The van der Waals surface area contributed by atoms with Gasteiger partial charge in [-0.05, 0) is 45.8 Å². The quantitative estimate of drug-likeness (QED) is 0.594. The number of hydrogen-bond donors (Lipinski definition) is 3. The van der Waals surface area contributed by atoms with E-state index < -0.39 is 0 Å². The van der Waals surface area contributed by atoms with Crippen molar-refractivity contribution in [2.24, 2.45) is 5.10 Å². The van der Waals surface area contributed by atoms with Crippen LogP contribution in [0.4, 0.5) is 5.69 Å². The van der Waals surface area contributed by atoms with Crippen LogP contribution in [0.15, 0.2) is 44.8 Å². The minimum Gasteiger partial charge on any atom is -0.508 e. The van der Waals surface area contributed by atoms with Crippen molar-refractivity contribution >= 4 is 27.8 Å². The molecule has 2 aromatic rings. The first-order chi connectivity index (χ1) is 8.66. The minimum absolute atomic E-state index is 0.196. The lowest BCUT2D eigenvalue weighted by Crippen LogP contribution is -2.10. The average molecular weight is 309 g/mol. The molecule has 0 fully saturated rings. The second-order valence-corrected chi connectivity index (χ2v) is 4.18. The van der Waals surface area contributed by atoms with Crippen molar-refractivity contribution < 1.29 is 5.11 Å². The molecule has 0 saturated carbocycles. The summed E-state index contributed by atoms with van der Waals surface area (Å²) in [5.41, 5.74) is 3.64. The predicted octanol–water partition coefficient (Wildman–Crippen LogP) is 1.68. The van der Waals surface area contributed by atoms with E-state index in [0.717, 1.165) is 5.56 Å². The SMILES string of the molecule is O=c1[nH]ncc(NN=Cc2ccc(O)cc2)c1Br. The molecule has 0 radical (unpaired) electrons. The van der Waals surface area contributed by atoms with Gasteiger partial charge in [-0.3, -0.25) is 10.2 Å². The number of aromatic nitrogens is 2. The molecule has 0 unspecified atom stereocenters. The number of nitrogens with one attached hydrogen (secondary N) is 2. The maximum absolute atomic E-state index is 11.2.